The van der Waals surface area contributed by atoms with Crippen LogP contribution >= 0.6 is 0 Å². The number of halogens is 1. The first-order chi connectivity index (χ1) is 13.0. The van der Waals surface area contributed by atoms with Gasteiger partial charge in [-0.3, -0.25) is 15.0 Å². The third kappa shape index (κ3) is 3.32. The normalized spacial score (nSPS) is 20.8. The van der Waals surface area contributed by atoms with Crippen molar-refractivity contribution in [2.75, 3.05) is 25.0 Å². The molecule has 1 aliphatic rings. The van der Waals surface area contributed by atoms with E-state index < -0.39 is 0 Å². The molecular weight excluding hydrogens is 341 g/mol. The number of H-pyrrole nitrogens is 1. The molecule has 27 heavy (non-hydrogen) atoms. The fourth-order valence-electron chi connectivity index (χ4n) is 3.76. The number of rotatable bonds is 3. The van der Waals surface area contributed by atoms with Gasteiger partial charge in [0, 0.05) is 43.1 Å². The van der Waals surface area contributed by atoms with Gasteiger partial charge in [0.25, 0.3) is 0 Å². The van der Waals surface area contributed by atoms with E-state index >= 15 is 0 Å². The Morgan fingerprint density at radius 3 is 2.22 bits per heavy atom. The average Bonchev–Trinajstić information content (AvgIpc) is 3.12. The zero-order valence-corrected chi connectivity index (χ0v) is 15.9. The van der Waals surface area contributed by atoms with E-state index in [1.54, 1.807) is 24.5 Å². The molecule has 0 saturated carbocycles. The van der Waals surface area contributed by atoms with E-state index in [0.29, 0.717) is 12.1 Å². The lowest BCUT2D eigenvalue weighted by molar-refractivity contribution is 0.169. The first-order valence-corrected chi connectivity index (χ1v) is 9.26. The van der Waals surface area contributed by atoms with E-state index in [0.717, 1.165) is 41.3 Å². The summed E-state index contributed by atoms with van der Waals surface area (Å²) in [7, 11) is 2.17. The van der Waals surface area contributed by atoms with Gasteiger partial charge in [0.15, 0.2) is 5.82 Å². The van der Waals surface area contributed by atoms with Crippen molar-refractivity contribution in [3.05, 3.63) is 54.6 Å². The molecule has 6 heteroatoms. The summed E-state index contributed by atoms with van der Waals surface area (Å²) in [6.45, 7) is 6.30. The van der Waals surface area contributed by atoms with Crippen LogP contribution in [-0.2, 0) is 0 Å². The minimum atomic E-state index is -0.245. The van der Waals surface area contributed by atoms with E-state index in [1.165, 1.54) is 12.1 Å². The number of nitrogens with one attached hydrogen (secondary N) is 1. The molecule has 2 unspecified atom stereocenters. The van der Waals surface area contributed by atoms with Gasteiger partial charge in [0.1, 0.15) is 5.82 Å². The SMILES string of the molecule is CC1CN(c2n[nH]c(-c3ccc(F)cc3)c2-c2ccncc2)CC(C)N1C. The van der Waals surface area contributed by atoms with Gasteiger partial charge < -0.3 is 4.90 Å². The van der Waals surface area contributed by atoms with Gasteiger partial charge in [0.2, 0.25) is 0 Å². The summed E-state index contributed by atoms with van der Waals surface area (Å²) in [5.41, 5.74) is 3.90. The van der Waals surface area contributed by atoms with Crippen LogP contribution in [0.5, 0.6) is 0 Å². The highest BCUT2D eigenvalue weighted by molar-refractivity contribution is 5.89. The van der Waals surface area contributed by atoms with Crippen molar-refractivity contribution in [2.45, 2.75) is 25.9 Å². The highest BCUT2D eigenvalue weighted by Gasteiger charge is 2.30. The number of aromatic nitrogens is 3. The standard InChI is InChI=1S/C21H24FN5/c1-14-12-27(13-15(2)26(14)3)21-19(16-8-10-23-11-9-16)20(24-25-21)17-4-6-18(22)7-5-17/h4-11,14-15H,12-13H2,1-3H3,(H,24,25). The lowest BCUT2D eigenvalue weighted by Gasteiger charge is -2.42. The number of likely N-dealkylation sites (N-methyl/N-ethyl adjacent to an activating group) is 1. The molecule has 140 valence electrons. The van der Waals surface area contributed by atoms with E-state index in [-0.39, 0.29) is 5.82 Å². The highest BCUT2D eigenvalue weighted by Crippen LogP contribution is 2.38. The van der Waals surface area contributed by atoms with Crippen LogP contribution in [-0.4, -0.2) is 52.3 Å². The number of anilines is 1. The number of hydrogen-bond acceptors (Lipinski definition) is 4. The topological polar surface area (TPSA) is 48.1 Å². The Bertz CT molecular complexity index is 894. The van der Waals surface area contributed by atoms with Gasteiger partial charge in [-0.25, -0.2) is 4.39 Å². The van der Waals surface area contributed by atoms with E-state index in [1.807, 2.05) is 12.1 Å². The summed E-state index contributed by atoms with van der Waals surface area (Å²) in [5.74, 6) is 0.693. The molecule has 1 N–H and O–H groups in total. The predicted molar refractivity (Wildman–Crippen MR) is 106 cm³/mol. The lowest BCUT2D eigenvalue weighted by Crippen LogP contribution is -2.55. The zero-order valence-electron chi connectivity index (χ0n) is 15.9. The monoisotopic (exact) mass is 365 g/mol. The summed E-state index contributed by atoms with van der Waals surface area (Å²) >= 11 is 0. The lowest BCUT2D eigenvalue weighted by atomic mass is 10.00. The number of benzene rings is 1. The maximum Gasteiger partial charge on any atom is 0.159 e. The summed E-state index contributed by atoms with van der Waals surface area (Å²) in [5, 5.41) is 7.88. The van der Waals surface area contributed by atoms with Crippen molar-refractivity contribution in [1.29, 1.82) is 0 Å². The Labute approximate surface area is 158 Å². The molecule has 5 nitrogen and oxygen atoms in total. The van der Waals surface area contributed by atoms with Crippen LogP contribution in [0.1, 0.15) is 13.8 Å². The molecule has 4 rings (SSSR count). The minimum absolute atomic E-state index is 0.245. The van der Waals surface area contributed by atoms with Crippen LogP contribution < -0.4 is 4.90 Å². The Morgan fingerprint density at radius 1 is 0.963 bits per heavy atom. The van der Waals surface area contributed by atoms with Crippen LogP contribution in [0, 0.1) is 5.82 Å². The number of piperazine rings is 1. The fraction of sp³-hybridized carbons (Fsp3) is 0.333. The van der Waals surface area contributed by atoms with Crippen LogP contribution in [0.4, 0.5) is 10.2 Å². The quantitative estimate of drug-likeness (QED) is 0.767. The highest BCUT2D eigenvalue weighted by atomic mass is 19.1. The summed E-state index contributed by atoms with van der Waals surface area (Å²) < 4.78 is 13.4. The minimum Gasteiger partial charge on any atom is -0.352 e. The van der Waals surface area contributed by atoms with Crippen molar-refractivity contribution >= 4 is 5.82 Å². The van der Waals surface area contributed by atoms with Crippen LogP contribution in [0.15, 0.2) is 48.8 Å². The largest absolute Gasteiger partial charge is 0.352 e. The van der Waals surface area contributed by atoms with E-state index in [4.69, 9.17) is 0 Å². The molecule has 3 aromatic rings. The van der Waals surface area contributed by atoms with Gasteiger partial charge in [0.05, 0.1) is 11.3 Å². The van der Waals surface area contributed by atoms with Crippen molar-refractivity contribution in [1.82, 2.24) is 20.1 Å². The van der Waals surface area contributed by atoms with Gasteiger partial charge in [-0.15, -0.1) is 0 Å². The molecule has 0 aliphatic carbocycles. The van der Waals surface area contributed by atoms with Crippen molar-refractivity contribution in [2.24, 2.45) is 0 Å². The Kier molecular flexibility index (Phi) is 4.66. The summed E-state index contributed by atoms with van der Waals surface area (Å²) in [6.07, 6.45) is 3.57. The molecule has 2 aromatic heterocycles. The molecule has 1 fully saturated rings. The fourth-order valence-corrected chi connectivity index (χ4v) is 3.76. The molecule has 0 amide bonds. The number of hydrogen-bond donors (Lipinski definition) is 1. The second kappa shape index (κ2) is 7.12. The number of nitrogens with zero attached hydrogens (tertiary/aromatic N) is 4. The van der Waals surface area contributed by atoms with Crippen LogP contribution in [0.2, 0.25) is 0 Å². The third-order valence-corrected chi connectivity index (χ3v) is 5.51. The van der Waals surface area contributed by atoms with Crippen molar-refractivity contribution in [3.8, 4) is 22.4 Å². The number of pyridine rings is 1. The Balaban J connectivity index is 1.82. The summed E-state index contributed by atoms with van der Waals surface area (Å²) in [4.78, 5) is 8.89. The van der Waals surface area contributed by atoms with Gasteiger partial charge in [-0.2, -0.15) is 5.10 Å². The molecule has 1 saturated heterocycles. The zero-order chi connectivity index (χ0) is 19.0. The van der Waals surface area contributed by atoms with E-state index in [9.17, 15) is 4.39 Å². The van der Waals surface area contributed by atoms with Crippen molar-refractivity contribution < 1.29 is 4.39 Å². The predicted octanol–water partition coefficient (Wildman–Crippen LogP) is 3.81. The molecular formula is C21H24FN5. The smallest absolute Gasteiger partial charge is 0.159 e. The van der Waals surface area contributed by atoms with Crippen LogP contribution in [0.25, 0.3) is 22.4 Å². The maximum atomic E-state index is 13.4. The molecule has 0 bridgehead atoms. The first kappa shape index (κ1) is 17.7. The second-order valence-corrected chi connectivity index (χ2v) is 7.31. The molecule has 2 atom stereocenters. The summed E-state index contributed by atoms with van der Waals surface area (Å²) in [6, 6.07) is 11.4. The number of aromatic amines is 1. The first-order valence-electron chi connectivity index (χ1n) is 9.26. The Morgan fingerprint density at radius 2 is 1.59 bits per heavy atom. The van der Waals surface area contributed by atoms with E-state index in [2.05, 4.69) is 45.9 Å². The second-order valence-electron chi connectivity index (χ2n) is 7.31. The Hall–Kier alpha value is -2.73. The van der Waals surface area contributed by atoms with Gasteiger partial charge in [-0.1, -0.05) is 0 Å². The van der Waals surface area contributed by atoms with Crippen LogP contribution in [0.3, 0.4) is 0 Å². The van der Waals surface area contributed by atoms with Gasteiger partial charge >= 0.3 is 0 Å². The van der Waals surface area contributed by atoms with Gasteiger partial charge in [-0.05, 0) is 62.9 Å². The molecule has 1 aliphatic heterocycles. The third-order valence-electron chi connectivity index (χ3n) is 5.51. The van der Waals surface area contributed by atoms with Crippen molar-refractivity contribution in [3.63, 3.8) is 0 Å². The average molecular weight is 365 g/mol. The molecule has 0 spiro atoms. The maximum absolute atomic E-state index is 13.4. The molecule has 0 radical (unpaired) electrons. The molecule has 3 heterocycles. The molecule has 1 aromatic carbocycles.